The fraction of sp³-hybridized carbons (Fsp3) is 0.207. The van der Waals surface area contributed by atoms with Gasteiger partial charge in [-0.2, -0.15) is 0 Å². The Morgan fingerprint density at radius 1 is 1.00 bits per heavy atom. The average molecular weight is 504 g/mol. The molecule has 184 valence electrons. The zero-order chi connectivity index (χ0) is 26.0. The number of ether oxygens (including phenoxy) is 3. The molecular formula is C29H26ClNO5. The van der Waals surface area contributed by atoms with Gasteiger partial charge in [0.05, 0.1) is 12.7 Å². The molecule has 0 radical (unpaired) electrons. The molecule has 1 heterocycles. The van der Waals surface area contributed by atoms with Crippen LogP contribution in [0.4, 0.5) is 0 Å². The van der Waals surface area contributed by atoms with Crippen LogP contribution in [0.5, 0.6) is 11.5 Å². The summed E-state index contributed by atoms with van der Waals surface area (Å²) >= 11 is 6.18. The number of hydrogen-bond acceptors (Lipinski definition) is 6. The number of cyclic esters (lactones) is 1. The van der Waals surface area contributed by atoms with Crippen LogP contribution in [0.1, 0.15) is 53.4 Å². The number of benzene rings is 3. The second kappa shape index (κ2) is 9.99. The minimum Gasteiger partial charge on any atom is -0.493 e. The molecule has 7 heteroatoms. The summed E-state index contributed by atoms with van der Waals surface area (Å²) in [6, 6.07) is 17.6. The van der Waals surface area contributed by atoms with Gasteiger partial charge < -0.3 is 14.2 Å². The van der Waals surface area contributed by atoms with Gasteiger partial charge in [-0.1, -0.05) is 56.6 Å². The van der Waals surface area contributed by atoms with Gasteiger partial charge in [-0.15, -0.1) is 0 Å². The number of carbonyl (C=O) groups excluding carboxylic acids is 2. The van der Waals surface area contributed by atoms with E-state index in [1.165, 1.54) is 7.11 Å². The van der Waals surface area contributed by atoms with Crippen LogP contribution in [0.2, 0.25) is 5.02 Å². The van der Waals surface area contributed by atoms with Crippen molar-refractivity contribution in [1.82, 2.24) is 0 Å². The summed E-state index contributed by atoms with van der Waals surface area (Å²) in [7, 11) is 1.48. The molecule has 3 aromatic rings. The maximum atomic E-state index is 12.7. The van der Waals surface area contributed by atoms with Crippen LogP contribution in [0.25, 0.3) is 6.08 Å². The first-order valence-corrected chi connectivity index (χ1v) is 11.7. The van der Waals surface area contributed by atoms with Gasteiger partial charge in [-0.3, -0.25) is 0 Å². The largest absolute Gasteiger partial charge is 0.493 e. The molecule has 0 atom stereocenters. The smallest absolute Gasteiger partial charge is 0.363 e. The third-order valence-electron chi connectivity index (χ3n) is 5.72. The van der Waals surface area contributed by atoms with Crippen molar-refractivity contribution in [2.24, 2.45) is 4.99 Å². The molecule has 0 fully saturated rings. The number of nitrogens with zero attached hydrogens (tertiary/aromatic N) is 1. The molecule has 1 aliphatic rings. The van der Waals surface area contributed by atoms with E-state index in [-0.39, 0.29) is 22.8 Å². The van der Waals surface area contributed by atoms with Crippen molar-refractivity contribution < 1.29 is 23.8 Å². The third-order valence-corrected chi connectivity index (χ3v) is 6.13. The van der Waals surface area contributed by atoms with E-state index in [9.17, 15) is 9.59 Å². The van der Waals surface area contributed by atoms with Crippen molar-refractivity contribution in [3.8, 4) is 11.5 Å². The predicted octanol–water partition coefficient (Wildman–Crippen LogP) is 6.52. The van der Waals surface area contributed by atoms with Crippen molar-refractivity contribution in [2.45, 2.75) is 33.1 Å². The van der Waals surface area contributed by atoms with E-state index >= 15 is 0 Å². The lowest BCUT2D eigenvalue weighted by Gasteiger charge is -2.19. The fourth-order valence-electron chi connectivity index (χ4n) is 3.54. The number of aliphatic imine (C=N–C) groups is 1. The Labute approximate surface area is 215 Å². The molecule has 6 nitrogen and oxygen atoms in total. The van der Waals surface area contributed by atoms with E-state index in [0.717, 1.165) is 11.1 Å². The van der Waals surface area contributed by atoms with Crippen LogP contribution in [-0.4, -0.2) is 24.9 Å². The number of halogens is 1. The van der Waals surface area contributed by atoms with Gasteiger partial charge in [0.25, 0.3) is 0 Å². The lowest BCUT2D eigenvalue weighted by molar-refractivity contribution is -0.129. The topological polar surface area (TPSA) is 74.2 Å². The molecule has 36 heavy (non-hydrogen) atoms. The van der Waals surface area contributed by atoms with Gasteiger partial charge in [0.2, 0.25) is 5.90 Å². The second-order valence-electron chi connectivity index (χ2n) is 9.43. The number of rotatable bonds is 5. The van der Waals surface area contributed by atoms with Crippen molar-refractivity contribution in [3.05, 3.63) is 99.2 Å². The molecule has 0 aromatic heterocycles. The second-order valence-corrected chi connectivity index (χ2v) is 9.83. The maximum Gasteiger partial charge on any atom is 0.363 e. The zero-order valence-corrected chi connectivity index (χ0v) is 21.5. The summed E-state index contributed by atoms with van der Waals surface area (Å²) < 4.78 is 16.3. The van der Waals surface area contributed by atoms with Crippen LogP contribution in [0.3, 0.4) is 0 Å². The van der Waals surface area contributed by atoms with Crippen LogP contribution < -0.4 is 9.47 Å². The Morgan fingerprint density at radius 2 is 1.72 bits per heavy atom. The SMILES string of the molecule is COc1cc(/C=C2\N=C(c3ccc(C)c(Cl)c3)OC2=O)ccc1OC(=O)c1ccc(C(C)(C)C)cc1. The van der Waals surface area contributed by atoms with E-state index in [1.807, 2.05) is 25.1 Å². The monoisotopic (exact) mass is 503 g/mol. The molecule has 0 spiro atoms. The lowest BCUT2D eigenvalue weighted by atomic mass is 9.87. The average Bonchev–Trinajstić information content (AvgIpc) is 3.21. The van der Waals surface area contributed by atoms with Gasteiger partial charge in [0.15, 0.2) is 17.2 Å². The number of hydrogen-bond donors (Lipinski definition) is 0. The van der Waals surface area contributed by atoms with Crippen molar-refractivity contribution in [3.63, 3.8) is 0 Å². The van der Waals surface area contributed by atoms with E-state index in [0.29, 0.717) is 27.5 Å². The maximum absolute atomic E-state index is 12.7. The van der Waals surface area contributed by atoms with Crippen LogP contribution in [-0.2, 0) is 14.9 Å². The van der Waals surface area contributed by atoms with Gasteiger partial charge in [0, 0.05) is 10.6 Å². The quantitative estimate of drug-likeness (QED) is 0.225. The zero-order valence-electron chi connectivity index (χ0n) is 20.7. The molecule has 3 aromatic carbocycles. The van der Waals surface area contributed by atoms with Crippen molar-refractivity contribution in [2.75, 3.05) is 7.11 Å². The minimum atomic E-state index is -0.574. The number of aryl methyl sites for hydroxylation is 1. The molecule has 4 rings (SSSR count). The van der Waals surface area contributed by atoms with E-state index in [4.69, 9.17) is 25.8 Å². The summed E-state index contributed by atoms with van der Waals surface area (Å²) in [6.07, 6.45) is 1.57. The minimum absolute atomic E-state index is 0.0142. The van der Waals surface area contributed by atoms with E-state index in [1.54, 1.807) is 48.5 Å². The molecular weight excluding hydrogens is 478 g/mol. The highest BCUT2D eigenvalue weighted by Crippen LogP contribution is 2.31. The number of methoxy groups -OCH3 is 1. The Kier molecular flexibility index (Phi) is 7.00. The summed E-state index contributed by atoms with van der Waals surface area (Å²) in [4.78, 5) is 29.4. The molecule has 0 N–H and O–H groups in total. The third kappa shape index (κ3) is 5.50. The first-order valence-electron chi connectivity index (χ1n) is 11.3. The summed E-state index contributed by atoms with van der Waals surface area (Å²) in [6.45, 7) is 8.21. The molecule has 0 unspecified atom stereocenters. The standard InChI is InChI=1S/C29H26ClNO5/c1-17-6-8-20(16-22(17)30)26-31-23(28(33)36-26)14-18-7-13-24(25(15-18)34-5)35-27(32)19-9-11-21(12-10-19)29(2,3)4/h6-16H,1-5H3/b23-14-. The molecule has 1 aliphatic heterocycles. The van der Waals surface area contributed by atoms with Gasteiger partial charge >= 0.3 is 11.9 Å². The highest BCUT2D eigenvalue weighted by atomic mass is 35.5. The predicted molar refractivity (Wildman–Crippen MR) is 140 cm³/mol. The first-order chi connectivity index (χ1) is 17.0. The summed E-state index contributed by atoms with van der Waals surface area (Å²) in [5, 5.41) is 0.559. The fourth-order valence-corrected chi connectivity index (χ4v) is 3.72. The molecule has 0 aliphatic carbocycles. The first kappa shape index (κ1) is 25.2. The molecule has 0 bridgehead atoms. The Morgan fingerprint density at radius 3 is 2.36 bits per heavy atom. The Bertz CT molecular complexity index is 1400. The van der Waals surface area contributed by atoms with Crippen LogP contribution in [0, 0.1) is 6.92 Å². The van der Waals surface area contributed by atoms with Gasteiger partial charge in [-0.25, -0.2) is 14.6 Å². The van der Waals surface area contributed by atoms with Crippen molar-refractivity contribution >= 4 is 35.5 Å². The highest BCUT2D eigenvalue weighted by Gasteiger charge is 2.25. The van der Waals surface area contributed by atoms with E-state index in [2.05, 4.69) is 25.8 Å². The van der Waals surface area contributed by atoms with E-state index < -0.39 is 11.9 Å². The van der Waals surface area contributed by atoms with Crippen LogP contribution >= 0.6 is 11.6 Å². The lowest BCUT2D eigenvalue weighted by Crippen LogP contribution is -2.13. The Balaban J connectivity index is 1.54. The normalized spacial score (nSPS) is 14.4. The van der Waals surface area contributed by atoms with Crippen LogP contribution in [0.15, 0.2) is 71.4 Å². The Hall–Kier alpha value is -3.90. The molecule has 0 saturated carbocycles. The number of esters is 2. The highest BCUT2D eigenvalue weighted by molar-refractivity contribution is 6.31. The summed E-state index contributed by atoms with van der Waals surface area (Å²) in [5.74, 6) is -0.287. The van der Waals surface area contributed by atoms with Gasteiger partial charge in [0.1, 0.15) is 0 Å². The van der Waals surface area contributed by atoms with Crippen molar-refractivity contribution in [1.29, 1.82) is 0 Å². The van der Waals surface area contributed by atoms with Gasteiger partial charge in [-0.05, 0) is 71.5 Å². The molecule has 0 amide bonds. The summed E-state index contributed by atoms with van der Waals surface area (Å²) in [5.41, 5.74) is 3.82. The molecule has 0 saturated heterocycles. The number of carbonyl (C=O) groups is 2.